The normalized spacial score (nSPS) is 10.6. The molecule has 56 valence electrons. The van der Waals surface area contributed by atoms with Crippen molar-refractivity contribution >= 4 is 39.6 Å². The van der Waals surface area contributed by atoms with Crippen LogP contribution in [0.3, 0.4) is 0 Å². The van der Waals surface area contributed by atoms with Crippen LogP contribution in [0, 0.1) is 3.57 Å². The Morgan fingerprint density at radius 2 is 2.36 bits per heavy atom. The van der Waals surface area contributed by atoms with Crippen LogP contribution >= 0.6 is 22.6 Å². The fourth-order valence-electron chi connectivity index (χ4n) is 0.893. The summed E-state index contributed by atoms with van der Waals surface area (Å²) in [5.41, 5.74) is 7.22. The number of aromatic nitrogens is 3. The van der Waals surface area contributed by atoms with Gasteiger partial charge >= 0.3 is 0 Å². The summed E-state index contributed by atoms with van der Waals surface area (Å²) in [6.07, 6.45) is 3.55. The summed E-state index contributed by atoms with van der Waals surface area (Å²) in [4.78, 5) is 10.9. The van der Waals surface area contributed by atoms with E-state index in [-0.39, 0.29) is 0 Å². The van der Waals surface area contributed by atoms with Crippen LogP contribution in [0.5, 0.6) is 0 Å². The summed E-state index contributed by atoms with van der Waals surface area (Å²) in [5.74, 6) is 0.315. The summed E-state index contributed by atoms with van der Waals surface area (Å²) in [7, 11) is 0. The van der Waals surface area contributed by atoms with Gasteiger partial charge in [0.15, 0.2) is 0 Å². The molecule has 2 heterocycles. The maximum Gasteiger partial charge on any atom is 0.220 e. The van der Waals surface area contributed by atoms with E-state index in [1.807, 2.05) is 6.20 Å². The smallest absolute Gasteiger partial charge is 0.220 e. The molecule has 3 N–H and O–H groups in total. The molecule has 0 aromatic carbocycles. The Morgan fingerprint density at radius 1 is 1.55 bits per heavy atom. The minimum Gasteiger partial charge on any atom is -0.368 e. The molecule has 2 aromatic heterocycles. The lowest BCUT2D eigenvalue weighted by atomic mass is 10.5. The summed E-state index contributed by atoms with van der Waals surface area (Å²) in [6.45, 7) is 0. The molecule has 0 saturated heterocycles. The third-order valence-corrected chi connectivity index (χ3v) is 2.21. The molecule has 0 aliphatic rings. The van der Waals surface area contributed by atoms with Gasteiger partial charge in [-0.2, -0.15) is 0 Å². The van der Waals surface area contributed by atoms with Crippen LogP contribution in [0.25, 0.3) is 11.0 Å². The van der Waals surface area contributed by atoms with E-state index in [0.29, 0.717) is 5.95 Å². The van der Waals surface area contributed by atoms with Crippen molar-refractivity contribution in [3.8, 4) is 0 Å². The number of fused-ring (bicyclic) bond motifs is 1. The highest BCUT2D eigenvalue weighted by atomic mass is 127. The van der Waals surface area contributed by atoms with E-state index in [1.54, 1.807) is 6.20 Å². The highest BCUT2D eigenvalue weighted by Crippen LogP contribution is 2.16. The van der Waals surface area contributed by atoms with E-state index < -0.39 is 0 Å². The van der Waals surface area contributed by atoms with Crippen molar-refractivity contribution in [1.82, 2.24) is 15.0 Å². The van der Waals surface area contributed by atoms with Crippen LogP contribution in [-0.2, 0) is 0 Å². The number of anilines is 1. The third kappa shape index (κ3) is 1.05. The van der Waals surface area contributed by atoms with E-state index in [9.17, 15) is 0 Å². The SMILES string of the molecule is Nc1ncc2[nH]cc(I)c2n1. The first-order valence-electron chi connectivity index (χ1n) is 3.02. The zero-order valence-electron chi connectivity index (χ0n) is 5.50. The van der Waals surface area contributed by atoms with Crippen molar-refractivity contribution in [2.24, 2.45) is 0 Å². The average molecular weight is 260 g/mol. The van der Waals surface area contributed by atoms with Crippen LogP contribution in [0.2, 0.25) is 0 Å². The zero-order valence-corrected chi connectivity index (χ0v) is 7.66. The van der Waals surface area contributed by atoms with Crippen LogP contribution in [0.4, 0.5) is 5.95 Å². The Kier molecular flexibility index (Phi) is 1.45. The number of halogens is 1. The standard InChI is InChI=1S/C6H5IN4/c7-3-1-9-4-2-10-6(8)11-5(3)4/h1-2,9H,(H2,8,10,11). The molecule has 4 nitrogen and oxygen atoms in total. The predicted molar refractivity (Wildman–Crippen MR) is 51.0 cm³/mol. The molecular formula is C6H5IN4. The van der Waals surface area contributed by atoms with Crippen molar-refractivity contribution in [2.75, 3.05) is 5.73 Å². The van der Waals surface area contributed by atoms with E-state index in [1.165, 1.54) is 0 Å². The van der Waals surface area contributed by atoms with Crippen molar-refractivity contribution in [3.63, 3.8) is 0 Å². The Morgan fingerprint density at radius 3 is 3.18 bits per heavy atom. The second kappa shape index (κ2) is 2.33. The first-order valence-corrected chi connectivity index (χ1v) is 4.10. The lowest BCUT2D eigenvalue weighted by molar-refractivity contribution is 1.23. The molecule has 2 rings (SSSR count). The summed E-state index contributed by atoms with van der Waals surface area (Å²) < 4.78 is 1.06. The Hall–Kier alpha value is -0.850. The number of nitrogens with zero attached hydrogens (tertiary/aromatic N) is 2. The first-order chi connectivity index (χ1) is 5.27. The molecule has 0 radical (unpaired) electrons. The van der Waals surface area contributed by atoms with Gasteiger partial charge in [0.05, 0.1) is 15.3 Å². The Labute approximate surface area is 76.4 Å². The van der Waals surface area contributed by atoms with Gasteiger partial charge in [-0.1, -0.05) is 0 Å². The number of aromatic amines is 1. The summed E-state index contributed by atoms with van der Waals surface area (Å²) in [5, 5.41) is 0. The maximum absolute atomic E-state index is 5.41. The van der Waals surface area contributed by atoms with Crippen molar-refractivity contribution in [3.05, 3.63) is 16.0 Å². The number of nitrogen functional groups attached to an aromatic ring is 1. The number of hydrogen-bond donors (Lipinski definition) is 2. The molecule has 0 spiro atoms. The van der Waals surface area contributed by atoms with Gasteiger partial charge in [0.2, 0.25) is 5.95 Å². The fourth-order valence-corrected chi connectivity index (χ4v) is 1.46. The minimum absolute atomic E-state index is 0.315. The first kappa shape index (κ1) is 6.84. The molecule has 5 heteroatoms. The van der Waals surface area contributed by atoms with Crippen molar-refractivity contribution < 1.29 is 0 Å². The topological polar surface area (TPSA) is 67.6 Å². The van der Waals surface area contributed by atoms with E-state index in [0.717, 1.165) is 14.6 Å². The lowest BCUT2D eigenvalue weighted by Gasteiger charge is -1.90. The van der Waals surface area contributed by atoms with Crippen molar-refractivity contribution in [2.45, 2.75) is 0 Å². The highest BCUT2D eigenvalue weighted by Gasteiger charge is 2.01. The van der Waals surface area contributed by atoms with Gasteiger partial charge in [0.25, 0.3) is 0 Å². The molecule has 11 heavy (non-hydrogen) atoms. The Bertz CT molecular complexity index is 394. The Balaban J connectivity index is 2.87. The second-order valence-corrected chi connectivity index (χ2v) is 3.29. The van der Waals surface area contributed by atoms with Gasteiger partial charge in [0.1, 0.15) is 5.52 Å². The number of rotatable bonds is 0. The highest BCUT2D eigenvalue weighted by molar-refractivity contribution is 14.1. The van der Waals surface area contributed by atoms with Gasteiger partial charge in [-0.15, -0.1) is 0 Å². The van der Waals surface area contributed by atoms with Crippen LogP contribution in [0.1, 0.15) is 0 Å². The largest absolute Gasteiger partial charge is 0.368 e. The molecule has 0 saturated carbocycles. The molecule has 0 aliphatic heterocycles. The van der Waals surface area contributed by atoms with Crippen LogP contribution < -0.4 is 5.73 Å². The van der Waals surface area contributed by atoms with Gasteiger partial charge < -0.3 is 10.7 Å². The molecule has 0 amide bonds. The number of H-pyrrole nitrogens is 1. The van der Waals surface area contributed by atoms with E-state index in [4.69, 9.17) is 5.73 Å². The average Bonchev–Trinajstić information content (AvgIpc) is 2.33. The van der Waals surface area contributed by atoms with Gasteiger partial charge in [0, 0.05) is 6.20 Å². The molecular weight excluding hydrogens is 255 g/mol. The molecule has 0 unspecified atom stereocenters. The van der Waals surface area contributed by atoms with Crippen molar-refractivity contribution in [1.29, 1.82) is 0 Å². The minimum atomic E-state index is 0.315. The zero-order chi connectivity index (χ0) is 7.84. The third-order valence-electron chi connectivity index (χ3n) is 1.39. The molecule has 2 aromatic rings. The molecule has 0 atom stereocenters. The number of nitrogens with two attached hydrogens (primary N) is 1. The summed E-state index contributed by atoms with van der Waals surface area (Å²) in [6, 6.07) is 0. The summed E-state index contributed by atoms with van der Waals surface area (Å²) >= 11 is 2.19. The maximum atomic E-state index is 5.41. The number of nitrogens with one attached hydrogen (secondary N) is 1. The fraction of sp³-hybridized carbons (Fsp3) is 0. The molecule has 0 bridgehead atoms. The van der Waals surface area contributed by atoms with Crippen LogP contribution in [0.15, 0.2) is 12.4 Å². The van der Waals surface area contributed by atoms with Gasteiger partial charge in [-0.3, -0.25) is 0 Å². The second-order valence-electron chi connectivity index (χ2n) is 2.13. The van der Waals surface area contributed by atoms with E-state index >= 15 is 0 Å². The van der Waals surface area contributed by atoms with Gasteiger partial charge in [-0.05, 0) is 22.6 Å². The van der Waals surface area contributed by atoms with Crippen LogP contribution in [-0.4, -0.2) is 15.0 Å². The molecule has 0 aliphatic carbocycles. The number of hydrogen-bond acceptors (Lipinski definition) is 3. The quantitative estimate of drug-likeness (QED) is 0.698. The predicted octanol–water partition coefficient (Wildman–Crippen LogP) is 1.14. The van der Waals surface area contributed by atoms with E-state index in [2.05, 4.69) is 37.5 Å². The lowest BCUT2D eigenvalue weighted by Crippen LogP contribution is -1.93. The monoisotopic (exact) mass is 260 g/mol. The van der Waals surface area contributed by atoms with Gasteiger partial charge in [-0.25, -0.2) is 9.97 Å². The molecule has 0 fully saturated rings.